The fourth-order valence-corrected chi connectivity index (χ4v) is 2.02. The lowest BCUT2D eigenvalue weighted by Crippen LogP contribution is -1.96. The normalized spacial score (nSPS) is 9.93. The van der Waals surface area contributed by atoms with Crippen LogP contribution in [0.4, 0.5) is 0 Å². The Morgan fingerprint density at radius 2 is 2.07 bits per heavy atom. The van der Waals surface area contributed by atoms with E-state index in [4.69, 9.17) is 0 Å². The van der Waals surface area contributed by atoms with Crippen molar-refractivity contribution in [3.8, 4) is 10.6 Å². The van der Waals surface area contributed by atoms with Crippen LogP contribution >= 0.6 is 11.3 Å². The summed E-state index contributed by atoms with van der Waals surface area (Å²) in [5, 5.41) is 0.830. The maximum atomic E-state index is 11.2. The van der Waals surface area contributed by atoms with Gasteiger partial charge in [-0.1, -0.05) is 30.3 Å². The molecule has 1 aromatic heterocycles. The third-order valence-electron chi connectivity index (χ3n) is 1.91. The van der Waals surface area contributed by atoms with Crippen LogP contribution in [-0.4, -0.2) is 18.1 Å². The Bertz CT molecular complexity index is 464. The molecular weight excluding hydrogens is 210 g/mol. The van der Waals surface area contributed by atoms with Gasteiger partial charge in [-0.3, -0.25) is 0 Å². The van der Waals surface area contributed by atoms with Crippen LogP contribution in [0.2, 0.25) is 0 Å². The molecule has 1 aromatic carbocycles. The third kappa shape index (κ3) is 2.05. The van der Waals surface area contributed by atoms with Crippen LogP contribution < -0.4 is 0 Å². The molecule has 0 aliphatic heterocycles. The number of carbonyl (C=O) groups is 1. The van der Waals surface area contributed by atoms with Gasteiger partial charge in [-0.15, -0.1) is 11.3 Å². The molecule has 0 saturated heterocycles. The van der Waals surface area contributed by atoms with Crippen LogP contribution in [-0.2, 0) is 4.74 Å². The van der Waals surface area contributed by atoms with E-state index in [1.54, 1.807) is 6.20 Å². The molecular formula is C11H9NO2S. The summed E-state index contributed by atoms with van der Waals surface area (Å²) in [5.41, 5.74) is 1.01. The number of ether oxygens (including phenoxy) is 1. The monoisotopic (exact) mass is 219 g/mol. The minimum atomic E-state index is -0.338. The molecule has 0 amide bonds. The predicted molar refractivity (Wildman–Crippen MR) is 58.9 cm³/mol. The number of nitrogens with zero attached hydrogens (tertiary/aromatic N) is 1. The third-order valence-corrected chi connectivity index (χ3v) is 2.94. The Balaban J connectivity index is 2.32. The van der Waals surface area contributed by atoms with Crippen molar-refractivity contribution in [2.45, 2.75) is 0 Å². The van der Waals surface area contributed by atoms with E-state index in [-0.39, 0.29) is 5.97 Å². The number of esters is 1. The van der Waals surface area contributed by atoms with Crippen molar-refractivity contribution in [2.24, 2.45) is 0 Å². The largest absolute Gasteiger partial charge is 0.465 e. The Morgan fingerprint density at radius 3 is 2.73 bits per heavy atom. The van der Waals surface area contributed by atoms with E-state index in [0.29, 0.717) is 4.88 Å². The molecule has 0 radical (unpaired) electrons. The SMILES string of the molecule is COC(=O)c1cnc(-c2ccccc2)s1. The van der Waals surface area contributed by atoms with Crippen molar-refractivity contribution in [2.75, 3.05) is 7.11 Å². The van der Waals surface area contributed by atoms with Gasteiger partial charge in [-0.05, 0) is 0 Å². The molecule has 0 unspecified atom stereocenters. The topological polar surface area (TPSA) is 39.2 Å². The predicted octanol–water partition coefficient (Wildman–Crippen LogP) is 2.60. The summed E-state index contributed by atoms with van der Waals surface area (Å²) in [5.74, 6) is -0.338. The number of carbonyl (C=O) groups excluding carboxylic acids is 1. The first-order valence-electron chi connectivity index (χ1n) is 4.41. The zero-order valence-electron chi connectivity index (χ0n) is 8.14. The van der Waals surface area contributed by atoms with Gasteiger partial charge in [0, 0.05) is 5.56 Å². The van der Waals surface area contributed by atoms with Gasteiger partial charge in [0.25, 0.3) is 0 Å². The number of rotatable bonds is 2. The van der Waals surface area contributed by atoms with Crippen molar-refractivity contribution in [3.05, 3.63) is 41.4 Å². The fourth-order valence-electron chi connectivity index (χ4n) is 1.18. The number of methoxy groups -OCH3 is 1. The first kappa shape index (κ1) is 9.86. The summed E-state index contributed by atoms with van der Waals surface area (Å²) >= 11 is 1.33. The first-order valence-corrected chi connectivity index (χ1v) is 5.22. The van der Waals surface area contributed by atoms with Gasteiger partial charge in [0.15, 0.2) is 0 Å². The van der Waals surface area contributed by atoms with E-state index < -0.39 is 0 Å². The second-order valence-corrected chi connectivity index (χ2v) is 3.92. The summed E-state index contributed by atoms with van der Waals surface area (Å²) in [6.45, 7) is 0. The van der Waals surface area contributed by atoms with Crippen LogP contribution in [0, 0.1) is 0 Å². The Kier molecular flexibility index (Phi) is 2.78. The van der Waals surface area contributed by atoms with Crippen LogP contribution in [0.15, 0.2) is 36.5 Å². The lowest BCUT2D eigenvalue weighted by Gasteiger charge is -1.93. The van der Waals surface area contributed by atoms with Crippen molar-refractivity contribution >= 4 is 17.3 Å². The summed E-state index contributed by atoms with van der Waals surface area (Å²) < 4.78 is 4.62. The van der Waals surface area contributed by atoms with Gasteiger partial charge < -0.3 is 4.74 Å². The van der Waals surface area contributed by atoms with Gasteiger partial charge >= 0.3 is 5.97 Å². The van der Waals surface area contributed by atoms with Gasteiger partial charge in [0.2, 0.25) is 0 Å². The molecule has 0 aliphatic rings. The summed E-state index contributed by atoms with van der Waals surface area (Å²) in [7, 11) is 1.37. The second-order valence-electron chi connectivity index (χ2n) is 2.89. The number of hydrogen-bond donors (Lipinski definition) is 0. The number of hydrogen-bond acceptors (Lipinski definition) is 4. The molecule has 0 atom stereocenters. The van der Waals surface area contributed by atoms with Gasteiger partial charge in [0.05, 0.1) is 13.3 Å². The van der Waals surface area contributed by atoms with Crippen molar-refractivity contribution < 1.29 is 9.53 Å². The van der Waals surface area contributed by atoms with Crippen LogP contribution in [0.1, 0.15) is 9.67 Å². The molecule has 1 heterocycles. The average Bonchev–Trinajstić information content (AvgIpc) is 2.78. The molecule has 76 valence electrons. The van der Waals surface area contributed by atoms with E-state index in [9.17, 15) is 4.79 Å². The molecule has 2 rings (SSSR count). The Labute approximate surface area is 91.4 Å². The fraction of sp³-hybridized carbons (Fsp3) is 0.0909. The molecule has 0 N–H and O–H groups in total. The van der Waals surface area contributed by atoms with Gasteiger partial charge in [-0.25, -0.2) is 9.78 Å². The lowest BCUT2D eigenvalue weighted by atomic mass is 10.2. The quantitative estimate of drug-likeness (QED) is 0.729. The van der Waals surface area contributed by atoms with Gasteiger partial charge in [-0.2, -0.15) is 0 Å². The maximum absolute atomic E-state index is 11.2. The van der Waals surface area contributed by atoms with Crippen molar-refractivity contribution in [1.29, 1.82) is 0 Å². The molecule has 2 aromatic rings. The smallest absolute Gasteiger partial charge is 0.349 e. The van der Waals surface area contributed by atoms with Crippen LogP contribution in [0.25, 0.3) is 10.6 Å². The maximum Gasteiger partial charge on any atom is 0.349 e. The Hall–Kier alpha value is -1.68. The zero-order chi connectivity index (χ0) is 10.7. The molecule has 0 spiro atoms. The highest BCUT2D eigenvalue weighted by Crippen LogP contribution is 2.24. The summed E-state index contributed by atoms with van der Waals surface area (Å²) in [4.78, 5) is 15.9. The van der Waals surface area contributed by atoms with Crippen LogP contribution in [0.5, 0.6) is 0 Å². The highest BCUT2D eigenvalue weighted by Gasteiger charge is 2.10. The van der Waals surface area contributed by atoms with Crippen molar-refractivity contribution in [1.82, 2.24) is 4.98 Å². The molecule has 0 fully saturated rings. The first-order chi connectivity index (χ1) is 7.31. The second kappa shape index (κ2) is 4.23. The highest BCUT2D eigenvalue weighted by molar-refractivity contribution is 7.16. The van der Waals surface area contributed by atoms with Crippen molar-refractivity contribution in [3.63, 3.8) is 0 Å². The highest BCUT2D eigenvalue weighted by atomic mass is 32.1. The molecule has 0 bridgehead atoms. The lowest BCUT2D eigenvalue weighted by molar-refractivity contribution is 0.0606. The van der Waals surface area contributed by atoms with Crippen LogP contribution in [0.3, 0.4) is 0 Å². The number of aromatic nitrogens is 1. The molecule has 4 heteroatoms. The number of benzene rings is 1. The minimum absolute atomic E-state index is 0.338. The van der Waals surface area contributed by atoms with Gasteiger partial charge in [0.1, 0.15) is 9.88 Å². The molecule has 3 nitrogen and oxygen atoms in total. The summed E-state index contributed by atoms with van der Waals surface area (Å²) in [6, 6.07) is 9.74. The summed E-state index contributed by atoms with van der Waals surface area (Å²) in [6.07, 6.45) is 1.54. The zero-order valence-corrected chi connectivity index (χ0v) is 8.95. The molecule has 15 heavy (non-hydrogen) atoms. The van der Waals surface area contributed by atoms with E-state index in [0.717, 1.165) is 10.6 Å². The van der Waals surface area contributed by atoms with E-state index in [1.807, 2.05) is 30.3 Å². The number of thiazole rings is 1. The molecule has 0 aliphatic carbocycles. The minimum Gasteiger partial charge on any atom is -0.465 e. The van der Waals surface area contributed by atoms with E-state index in [1.165, 1.54) is 18.4 Å². The van der Waals surface area contributed by atoms with E-state index >= 15 is 0 Å². The standard InChI is InChI=1S/C11H9NO2S/c1-14-11(13)9-7-12-10(15-9)8-5-3-2-4-6-8/h2-7H,1H3. The Morgan fingerprint density at radius 1 is 1.33 bits per heavy atom. The molecule has 0 saturated carbocycles. The average molecular weight is 219 g/mol. The van der Waals surface area contributed by atoms with E-state index in [2.05, 4.69) is 9.72 Å².